The molecule has 0 amide bonds. The van der Waals surface area contributed by atoms with E-state index >= 15 is 0 Å². The number of anilines is 1. The molecule has 13 heavy (non-hydrogen) atoms. The first kappa shape index (κ1) is 10.1. The number of rotatable bonds is 1. The van der Waals surface area contributed by atoms with Crippen LogP contribution in [-0.4, -0.2) is 0 Å². The molecule has 1 rings (SSSR count). The fraction of sp³-hybridized carbons (Fsp3) is 0.500. The van der Waals surface area contributed by atoms with Crippen molar-refractivity contribution in [3.05, 3.63) is 29.3 Å². The van der Waals surface area contributed by atoms with Crippen molar-refractivity contribution in [1.29, 1.82) is 0 Å². The molecule has 1 nitrogen and oxygen atoms in total. The average Bonchev–Trinajstić information content (AvgIpc) is 2.02. The molecule has 0 aliphatic rings. The van der Waals surface area contributed by atoms with Crippen molar-refractivity contribution in [2.75, 3.05) is 5.73 Å². The Bertz CT molecular complexity index is 294. The molecule has 0 fully saturated rings. The fourth-order valence-corrected chi connectivity index (χ4v) is 1.38. The van der Waals surface area contributed by atoms with Gasteiger partial charge in [-0.2, -0.15) is 0 Å². The molecule has 0 spiro atoms. The highest BCUT2D eigenvalue weighted by molar-refractivity contribution is 5.50. The van der Waals surface area contributed by atoms with E-state index in [9.17, 15) is 0 Å². The van der Waals surface area contributed by atoms with Crippen LogP contribution in [0.15, 0.2) is 18.2 Å². The zero-order valence-corrected chi connectivity index (χ0v) is 9.02. The molecule has 2 N–H and O–H groups in total. The largest absolute Gasteiger partial charge is 0.398 e. The highest BCUT2D eigenvalue weighted by Gasteiger charge is 2.13. The van der Waals surface area contributed by atoms with E-state index in [4.69, 9.17) is 5.73 Å². The van der Waals surface area contributed by atoms with Crippen LogP contribution in [0.5, 0.6) is 0 Å². The summed E-state index contributed by atoms with van der Waals surface area (Å²) in [6.07, 6.45) is 1.01. The van der Waals surface area contributed by atoms with E-state index in [0.29, 0.717) is 0 Å². The summed E-state index contributed by atoms with van der Waals surface area (Å²) in [5.74, 6) is 0. The van der Waals surface area contributed by atoms with Crippen LogP contribution in [0.2, 0.25) is 0 Å². The van der Waals surface area contributed by atoms with Gasteiger partial charge in [-0.05, 0) is 29.0 Å². The Morgan fingerprint density at radius 1 is 1.23 bits per heavy atom. The Labute approximate surface area is 81.0 Å². The van der Waals surface area contributed by atoms with E-state index in [2.05, 4.69) is 45.9 Å². The SMILES string of the molecule is CCc1ccc(C(C)(C)C)cc1N. The minimum Gasteiger partial charge on any atom is -0.398 e. The van der Waals surface area contributed by atoms with Crippen LogP contribution < -0.4 is 5.73 Å². The van der Waals surface area contributed by atoms with Crippen molar-refractivity contribution in [1.82, 2.24) is 0 Å². The summed E-state index contributed by atoms with van der Waals surface area (Å²) in [7, 11) is 0. The summed E-state index contributed by atoms with van der Waals surface area (Å²) >= 11 is 0. The van der Waals surface area contributed by atoms with E-state index in [0.717, 1.165) is 12.1 Å². The first-order chi connectivity index (χ1) is 5.95. The average molecular weight is 177 g/mol. The molecular formula is C12H19N. The molecule has 0 saturated heterocycles. The second kappa shape index (κ2) is 3.41. The van der Waals surface area contributed by atoms with E-state index in [1.165, 1.54) is 11.1 Å². The smallest absolute Gasteiger partial charge is 0.0349 e. The molecular weight excluding hydrogens is 158 g/mol. The van der Waals surface area contributed by atoms with Gasteiger partial charge in [0.25, 0.3) is 0 Å². The quantitative estimate of drug-likeness (QED) is 0.655. The Morgan fingerprint density at radius 2 is 1.85 bits per heavy atom. The fourth-order valence-electron chi connectivity index (χ4n) is 1.38. The third-order valence-electron chi connectivity index (χ3n) is 2.39. The summed E-state index contributed by atoms with van der Waals surface area (Å²) in [6, 6.07) is 6.41. The van der Waals surface area contributed by atoms with Crippen LogP contribution in [0, 0.1) is 0 Å². The lowest BCUT2D eigenvalue weighted by atomic mass is 9.86. The standard InChI is InChI=1S/C12H19N/c1-5-9-6-7-10(8-11(9)13)12(2,3)4/h6-8H,5,13H2,1-4H3. The van der Waals surface area contributed by atoms with Gasteiger partial charge in [-0.15, -0.1) is 0 Å². The van der Waals surface area contributed by atoms with Crippen molar-refractivity contribution in [2.45, 2.75) is 39.5 Å². The number of aryl methyl sites for hydroxylation is 1. The van der Waals surface area contributed by atoms with Gasteiger partial charge in [0.05, 0.1) is 0 Å². The second-order valence-corrected chi connectivity index (χ2v) is 4.52. The Balaban J connectivity index is 3.10. The van der Waals surface area contributed by atoms with Gasteiger partial charge in [-0.25, -0.2) is 0 Å². The first-order valence-electron chi connectivity index (χ1n) is 4.84. The highest BCUT2D eigenvalue weighted by atomic mass is 14.6. The van der Waals surface area contributed by atoms with Crippen LogP contribution in [-0.2, 0) is 11.8 Å². The van der Waals surface area contributed by atoms with Gasteiger partial charge in [0, 0.05) is 5.69 Å². The predicted octanol–water partition coefficient (Wildman–Crippen LogP) is 3.13. The third-order valence-corrected chi connectivity index (χ3v) is 2.39. The van der Waals surface area contributed by atoms with Gasteiger partial charge in [0.2, 0.25) is 0 Å². The van der Waals surface area contributed by atoms with E-state index in [-0.39, 0.29) is 5.41 Å². The van der Waals surface area contributed by atoms with E-state index in [1.807, 2.05) is 0 Å². The Morgan fingerprint density at radius 3 is 2.23 bits per heavy atom. The van der Waals surface area contributed by atoms with Crippen molar-refractivity contribution < 1.29 is 0 Å². The zero-order valence-electron chi connectivity index (χ0n) is 9.02. The van der Waals surface area contributed by atoms with E-state index < -0.39 is 0 Å². The lowest BCUT2D eigenvalue weighted by molar-refractivity contribution is 0.590. The topological polar surface area (TPSA) is 26.0 Å². The van der Waals surface area contributed by atoms with Crippen molar-refractivity contribution in [3.63, 3.8) is 0 Å². The number of nitrogens with two attached hydrogens (primary N) is 1. The molecule has 0 unspecified atom stereocenters. The minimum atomic E-state index is 0.195. The van der Waals surface area contributed by atoms with Crippen LogP contribution in [0.1, 0.15) is 38.8 Å². The maximum absolute atomic E-state index is 5.93. The highest BCUT2D eigenvalue weighted by Crippen LogP contribution is 2.25. The van der Waals surface area contributed by atoms with Crippen molar-refractivity contribution in [3.8, 4) is 0 Å². The summed E-state index contributed by atoms with van der Waals surface area (Å²) in [5, 5.41) is 0. The lowest BCUT2D eigenvalue weighted by Crippen LogP contribution is -2.11. The summed E-state index contributed by atoms with van der Waals surface area (Å²) in [4.78, 5) is 0. The molecule has 1 aromatic rings. The molecule has 0 bridgehead atoms. The molecule has 0 heterocycles. The van der Waals surface area contributed by atoms with E-state index in [1.54, 1.807) is 0 Å². The lowest BCUT2D eigenvalue weighted by Gasteiger charge is -2.20. The minimum absolute atomic E-state index is 0.195. The van der Waals surface area contributed by atoms with Crippen molar-refractivity contribution in [2.24, 2.45) is 0 Å². The summed E-state index contributed by atoms with van der Waals surface area (Å²) < 4.78 is 0. The van der Waals surface area contributed by atoms with Gasteiger partial charge < -0.3 is 5.73 Å². The molecule has 1 aromatic carbocycles. The van der Waals surface area contributed by atoms with Crippen LogP contribution in [0.25, 0.3) is 0 Å². The molecule has 0 saturated carbocycles. The monoisotopic (exact) mass is 177 g/mol. The Kier molecular flexibility index (Phi) is 2.65. The molecule has 0 aliphatic carbocycles. The molecule has 72 valence electrons. The molecule has 0 aliphatic heterocycles. The molecule has 1 heteroatoms. The summed E-state index contributed by atoms with van der Waals surface area (Å²) in [6.45, 7) is 8.73. The van der Waals surface area contributed by atoms with Gasteiger partial charge >= 0.3 is 0 Å². The number of nitrogen functional groups attached to an aromatic ring is 1. The van der Waals surface area contributed by atoms with Crippen molar-refractivity contribution >= 4 is 5.69 Å². The number of hydrogen-bond donors (Lipinski definition) is 1. The van der Waals surface area contributed by atoms with Gasteiger partial charge in [0.1, 0.15) is 0 Å². The third kappa shape index (κ3) is 2.24. The summed E-state index contributed by atoms with van der Waals surface area (Å²) in [5.41, 5.74) is 9.60. The van der Waals surface area contributed by atoms with Crippen LogP contribution in [0.4, 0.5) is 5.69 Å². The van der Waals surface area contributed by atoms with Gasteiger partial charge in [-0.3, -0.25) is 0 Å². The first-order valence-corrected chi connectivity index (χ1v) is 4.84. The predicted molar refractivity (Wildman–Crippen MR) is 58.9 cm³/mol. The second-order valence-electron chi connectivity index (χ2n) is 4.52. The molecule has 0 radical (unpaired) electrons. The Hall–Kier alpha value is -0.980. The zero-order chi connectivity index (χ0) is 10.1. The molecule has 0 aromatic heterocycles. The van der Waals surface area contributed by atoms with Crippen LogP contribution >= 0.6 is 0 Å². The van der Waals surface area contributed by atoms with Crippen LogP contribution in [0.3, 0.4) is 0 Å². The normalized spacial score (nSPS) is 11.7. The van der Waals surface area contributed by atoms with Gasteiger partial charge in [0.15, 0.2) is 0 Å². The number of benzene rings is 1. The van der Waals surface area contributed by atoms with Gasteiger partial charge in [-0.1, -0.05) is 39.8 Å². The maximum Gasteiger partial charge on any atom is 0.0349 e. The number of hydrogen-bond acceptors (Lipinski definition) is 1. The maximum atomic E-state index is 5.93. The molecule has 0 atom stereocenters.